The number of halogens is 3. The third kappa shape index (κ3) is 4.00. The Labute approximate surface area is 194 Å². The minimum atomic E-state index is -0.417. The quantitative estimate of drug-likeness (QED) is 0.356. The molecule has 5 aromatic rings. The number of benzene rings is 2. The molecule has 3 heterocycles. The van der Waals surface area contributed by atoms with Gasteiger partial charge in [0.15, 0.2) is 5.82 Å². The molecule has 0 saturated heterocycles. The molecule has 7 nitrogen and oxygen atoms in total. The molecule has 3 aromatic heterocycles. The molecule has 0 spiro atoms. The Hall–Kier alpha value is -3.20. The summed E-state index contributed by atoms with van der Waals surface area (Å²) in [6.45, 7) is 0.503. The molecule has 2 aromatic carbocycles. The van der Waals surface area contributed by atoms with E-state index in [1.165, 1.54) is 16.7 Å². The first-order chi connectivity index (χ1) is 14.7. The van der Waals surface area contributed by atoms with E-state index in [4.69, 9.17) is 5.73 Å². The predicted molar refractivity (Wildman–Crippen MR) is 129 cm³/mol. The number of H-pyrrole nitrogens is 2. The zero-order chi connectivity index (χ0) is 20.7. The van der Waals surface area contributed by atoms with Gasteiger partial charge in [0.05, 0.1) is 11.2 Å². The number of hydrogen-bond acceptors (Lipinski definition) is 4. The fourth-order valence-corrected chi connectivity index (χ4v) is 3.79. The average molecular weight is 475 g/mol. The van der Waals surface area contributed by atoms with Gasteiger partial charge in [-0.1, -0.05) is 24.3 Å². The number of rotatable bonds is 5. The van der Waals surface area contributed by atoms with Crippen molar-refractivity contribution in [3.63, 3.8) is 0 Å². The predicted octanol–water partition coefficient (Wildman–Crippen LogP) is 4.13. The lowest BCUT2D eigenvalue weighted by molar-refractivity contribution is 0.629. The van der Waals surface area contributed by atoms with Crippen molar-refractivity contribution in [2.45, 2.75) is 12.8 Å². The van der Waals surface area contributed by atoms with E-state index in [2.05, 4.69) is 20.2 Å². The maximum Gasteiger partial charge on any atom is 0.348 e. The van der Waals surface area contributed by atoms with E-state index < -0.39 is 5.69 Å². The Balaban J connectivity index is 0.00000144. The molecule has 0 radical (unpaired) electrons. The van der Waals surface area contributed by atoms with Crippen LogP contribution in [0.4, 0.5) is 4.39 Å². The van der Waals surface area contributed by atoms with Gasteiger partial charge in [-0.2, -0.15) is 5.10 Å². The standard InChI is InChI=1S/C22H19FN6O.2ClH/c23-14-8-10-17-15(12-14)20(18(26-17)6-3-11-24)29-21(27-28-22(29)30)19-9-7-13-4-1-2-5-16(13)25-19;;/h1-2,4-5,7-10,12,26H,3,6,11,24H2,(H,28,30);2*1H. The third-order valence-corrected chi connectivity index (χ3v) is 5.16. The van der Waals surface area contributed by atoms with Crippen molar-refractivity contribution >= 4 is 46.6 Å². The van der Waals surface area contributed by atoms with E-state index >= 15 is 0 Å². The summed E-state index contributed by atoms with van der Waals surface area (Å²) in [5, 5.41) is 8.34. The van der Waals surface area contributed by atoms with Gasteiger partial charge in [-0.25, -0.2) is 23.8 Å². The number of hydrogen-bond donors (Lipinski definition) is 3. The molecule has 32 heavy (non-hydrogen) atoms. The summed E-state index contributed by atoms with van der Waals surface area (Å²) in [6, 6.07) is 16.0. The topological polar surface area (TPSA) is 105 Å². The first-order valence-electron chi connectivity index (χ1n) is 9.70. The summed E-state index contributed by atoms with van der Waals surface area (Å²) < 4.78 is 15.5. The van der Waals surface area contributed by atoms with E-state index in [0.29, 0.717) is 35.6 Å². The number of aromatic nitrogens is 5. The molecule has 10 heteroatoms. The second-order valence-corrected chi connectivity index (χ2v) is 7.11. The van der Waals surface area contributed by atoms with Crippen LogP contribution in [0.3, 0.4) is 0 Å². The molecule has 0 unspecified atom stereocenters. The zero-order valence-corrected chi connectivity index (χ0v) is 18.5. The lowest BCUT2D eigenvalue weighted by atomic mass is 10.1. The first-order valence-corrected chi connectivity index (χ1v) is 9.70. The second kappa shape index (κ2) is 9.52. The molecule has 166 valence electrons. The maximum atomic E-state index is 14.1. The van der Waals surface area contributed by atoms with E-state index in [1.807, 2.05) is 36.4 Å². The van der Waals surface area contributed by atoms with Gasteiger partial charge in [-0.05, 0) is 49.7 Å². The van der Waals surface area contributed by atoms with Crippen LogP contribution < -0.4 is 11.4 Å². The zero-order valence-electron chi connectivity index (χ0n) is 16.8. The molecule has 0 aliphatic carbocycles. The molecule has 0 saturated carbocycles. The first kappa shape index (κ1) is 23.5. The summed E-state index contributed by atoms with van der Waals surface area (Å²) >= 11 is 0. The highest BCUT2D eigenvalue weighted by atomic mass is 35.5. The van der Waals surface area contributed by atoms with Gasteiger partial charge in [0, 0.05) is 22.0 Å². The highest BCUT2D eigenvalue weighted by molar-refractivity contribution is 5.91. The van der Waals surface area contributed by atoms with Crippen LogP contribution in [-0.2, 0) is 6.42 Å². The molecular weight excluding hydrogens is 454 g/mol. The fourth-order valence-electron chi connectivity index (χ4n) is 3.79. The smallest absolute Gasteiger partial charge is 0.348 e. The van der Waals surface area contributed by atoms with Crippen LogP contribution >= 0.6 is 24.8 Å². The minimum Gasteiger partial charge on any atom is -0.357 e. The minimum absolute atomic E-state index is 0. The lowest BCUT2D eigenvalue weighted by Crippen LogP contribution is -2.17. The van der Waals surface area contributed by atoms with Gasteiger partial charge in [0.2, 0.25) is 0 Å². The number of nitrogens with one attached hydrogen (secondary N) is 2. The van der Waals surface area contributed by atoms with Crippen LogP contribution in [0.15, 0.2) is 59.4 Å². The van der Waals surface area contributed by atoms with Gasteiger partial charge in [-0.3, -0.25) is 0 Å². The van der Waals surface area contributed by atoms with E-state index in [-0.39, 0.29) is 30.6 Å². The monoisotopic (exact) mass is 474 g/mol. The number of aryl methyl sites for hydroxylation is 1. The average Bonchev–Trinajstić information content (AvgIpc) is 3.31. The van der Waals surface area contributed by atoms with Gasteiger partial charge in [0.25, 0.3) is 0 Å². The van der Waals surface area contributed by atoms with Crippen LogP contribution in [0.5, 0.6) is 0 Å². The molecule has 5 rings (SSSR count). The van der Waals surface area contributed by atoms with Crippen LogP contribution in [0, 0.1) is 5.82 Å². The molecule has 0 fully saturated rings. The summed E-state index contributed by atoms with van der Waals surface area (Å²) in [4.78, 5) is 20.8. The number of aromatic amines is 2. The molecule has 0 atom stereocenters. The number of nitrogens with zero attached hydrogens (tertiary/aromatic N) is 3. The van der Waals surface area contributed by atoms with Crippen LogP contribution in [0.1, 0.15) is 12.1 Å². The highest BCUT2D eigenvalue weighted by Crippen LogP contribution is 2.30. The molecule has 0 aliphatic rings. The normalized spacial score (nSPS) is 10.8. The Kier molecular flexibility index (Phi) is 6.98. The van der Waals surface area contributed by atoms with Crippen molar-refractivity contribution in [3.05, 3.63) is 76.6 Å². The largest absolute Gasteiger partial charge is 0.357 e. The Bertz CT molecular complexity index is 1440. The van der Waals surface area contributed by atoms with Crippen molar-refractivity contribution in [3.8, 4) is 17.2 Å². The van der Waals surface area contributed by atoms with Gasteiger partial charge in [0.1, 0.15) is 11.5 Å². The number of pyridine rings is 1. The summed E-state index contributed by atoms with van der Waals surface area (Å²) in [7, 11) is 0. The summed E-state index contributed by atoms with van der Waals surface area (Å²) in [6.07, 6.45) is 1.34. The third-order valence-electron chi connectivity index (χ3n) is 5.16. The second-order valence-electron chi connectivity index (χ2n) is 7.11. The lowest BCUT2D eigenvalue weighted by Gasteiger charge is -2.09. The van der Waals surface area contributed by atoms with Crippen molar-refractivity contribution < 1.29 is 4.39 Å². The number of fused-ring (bicyclic) bond motifs is 2. The van der Waals surface area contributed by atoms with Gasteiger partial charge in [-0.15, -0.1) is 24.8 Å². The van der Waals surface area contributed by atoms with Crippen molar-refractivity contribution in [2.24, 2.45) is 5.73 Å². The van der Waals surface area contributed by atoms with Crippen LogP contribution in [0.25, 0.3) is 39.0 Å². The molecule has 0 aliphatic heterocycles. The Morgan fingerprint density at radius 1 is 1.06 bits per heavy atom. The Morgan fingerprint density at radius 2 is 1.88 bits per heavy atom. The van der Waals surface area contributed by atoms with Crippen molar-refractivity contribution in [1.29, 1.82) is 0 Å². The molecular formula is C22H21Cl2FN6O. The van der Waals surface area contributed by atoms with Crippen LogP contribution in [-0.4, -0.2) is 31.3 Å². The SMILES string of the molecule is Cl.Cl.NCCCc1[nH]c2ccc(F)cc2c1-n1c(-c2ccc3ccccc3n2)n[nH]c1=O. The molecule has 0 amide bonds. The van der Waals surface area contributed by atoms with E-state index in [9.17, 15) is 9.18 Å². The number of nitrogens with two attached hydrogens (primary N) is 1. The molecule has 0 bridgehead atoms. The summed E-state index contributed by atoms with van der Waals surface area (Å²) in [5.74, 6) is -0.0139. The maximum absolute atomic E-state index is 14.1. The van der Waals surface area contributed by atoms with Crippen molar-refractivity contribution in [1.82, 2.24) is 24.7 Å². The van der Waals surface area contributed by atoms with Crippen LogP contribution in [0.2, 0.25) is 0 Å². The fraction of sp³-hybridized carbons (Fsp3) is 0.136. The highest BCUT2D eigenvalue weighted by Gasteiger charge is 2.21. The van der Waals surface area contributed by atoms with Gasteiger partial charge >= 0.3 is 5.69 Å². The van der Waals surface area contributed by atoms with E-state index in [1.54, 1.807) is 6.07 Å². The van der Waals surface area contributed by atoms with Crippen molar-refractivity contribution in [2.75, 3.05) is 6.54 Å². The Morgan fingerprint density at radius 3 is 2.69 bits per heavy atom. The summed E-state index contributed by atoms with van der Waals surface area (Å²) in [5.41, 5.74) is 8.73. The van der Waals surface area contributed by atoms with E-state index in [0.717, 1.165) is 28.5 Å². The number of para-hydroxylation sites is 1. The molecule has 4 N–H and O–H groups in total. The van der Waals surface area contributed by atoms with Gasteiger partial charge < -0.3 is 10.7 Å².